The Kier molecular flexibility index (Phi) is 10.2. The van der Waals surface area contributed by atoms with E-state index in [4.69, 9.17) is 21.4 Å². The molecule has 0 aliphatic carbocycles. The number of rotatable bonds is 11. The van der Waals surface area contributed by atoms with E-state index in [1.165, 1.54) is 17.8 Å². The molecule has 42 heavy (non-hydrogen) atoms. The van der Waals surface area contributed by atoms with Gasteiger partial charge in [0, 0.05) is 25.7 Å². The van der Waals surface area contributed by atoms with Crippen LogP contribution in [0.15, 0.2) is 18.3 Å². The second kappa shape index (κ2) is 14.0. The topological polar surface area (TPSA) is 209 Å². The van der Waals surface area contributed by atoms with Crippen LogP contribution in [0.25, 0.3) is 5.65 Å². The molecule has 1 saturated heterocycles. The highest BCUT2D eigenvalue weighted by molar-refractivity contribution is 6.36. The fraction of sp³-hybridized carbons (Fsp3) is 0.462. The minimum atomic E-state index is -0.861. The number of amides is 1. The third-order valence-electron chi connectivity index (χ3n) is 6.79. The van der Waals surface area contributed by atoms with Crippen molar-refractivity contribution in [1.29, 1.82) is 10.5 Å². The van der Waals surface area contributed by atoms with Crippen LogP contribution in [0.4, 0.5) is 27.9 Å². The first-order valence-electron chi connectivity index (χ1n) is 13.3. The lowest BCUT2D eigenvalue weighted by Crippen LogP contribution is -2.60. The highest BCUT2D eigenvalue weighted by atomic mass is 35.5. The maximum absolute atomic E-state index is 12.0. The smallest absolute Gasteiger partial charge is 0.407 e. The number of benzene rings is 1. The second-order valence-corrected chi connectivity index (χ2v) is 9.94. The molecule has 3 heterocycles. The fourth-order valence-electron chi connectivity index (χ4n) is 4.70. The van der Waals surface area contributed by atoms with E-state index < -0.39 is 12.2 Å². The maximum Gasteiger partial charge on any atom is 0.407 e. The highest BCUT2D eigenvalue weighted by Gasteiger charge is 2.32. The Hall–Kier alpha value is -4.41. The standard InChI is InChI=1S/C26H32ClN11O4/c1-3-30-23-24-32-12-16(11-29)38(24)36-25(35-23)33-19-8-15(10-28)9-21(22(19)27)37-7-5-18(34-26(41)42-2)20(13-37)31-6-4-17(40)14-39/h8-9,12,17-18,20,31,39-40H,3-7,13-14H2,1-2H3,(H,34,41)(H2,30,33,35,36)/t17-,18+,20?/m0/s1. The van der Waals surface area contributed by atoms with E-state index in [9.17, 15) is 20.4 Å². The number of aliphatic hydroxyl groups is 2. The Labute approximate surface area is 247 Å². The lowest BCUT2D eigenvalue weighted by molar-refractivity contribution is 0.0869. The van der Waals surface area contributed by atoms with Gasteiger partial charge in [-0.2, -0.15) is 20.0 Å². The molecule has 15 nitrogen and oxygen atoms in total. The van der Waals surface area contributed by atoms with Crippen LogP contribution in [0, 0.1) is 22.7 Å². The zero-order valence-corrected chi connectivity index (χ0v) is 23.9. The predicted molar refractivity (Wildman–Crippen MR) is 155 cm³/mol. The Bertz CT molecular complexity index is 1500. The van der Waals surface area contributed by atoms with E-state index in [0.29, 0.717) is 72.4 Å². The van der Waals surface area contributed by atoms with Crippen LogP contribution in [-0.2, 0) is 4.74 Å². The van der Waals surface area contributed by atoms with Gasteiger partial charge >= 0.3 is 6.09 Å². The van der Waals surface area contributed by atoms with Crippen molar-refractivity contribution in [2.24, 2.45) is 0 Å². The van der Waals surface area contributed by atoms with Crippen molar-refractivity contribution < 1.29 is 19.7 Å². The number of ether oxygens (including phenoxy) is 1. The fourth-order valence-corrected chi connectivity index (χ4v) is 4.98. The Morgan fingerprint density at radius 1 is 1.31 bits per heavy atom. The first-order valence-corrected chi connectivity index (χ1v) is 13.7. The molecule has 0 saturated carbocycles. The molecule has 0 radical (unpaired) electrons. The number of fused-ring (bicyclic) bond motifs is 1. The number of nitriles is 2. The number of halogens is 1. The summed E-state index contributed by atoms with van der Waals surface area (Å²) in [5.74, 6) is 0.559. The summed E-state index contributed by atoms with van der Waals surface area (Å²) in [5, 5.41) is 55.3. The molecule has 3 aromatic rings. The average Bonchev–Trinajstić information content (AvgIpc) is 3.42. The van der Waals surface area contributed by atoms with Gasteiger partial charge in [0.15, 0.2) is 17.2 Å². The molecule has 1 aliphatic rings. The molecule has 0 spiro atoms. The van der Waals surface area contributed by atoms with Crippen LogP contribution in [0.1, 0.15) is 31.0 Å². The molecule has 3 atom stereocenters. The van der Waals surface area contributed by atoms with Crippen molar-refractivity contribution in [3.05, 3.63) is 34.6 Å². The predicted octanol–water partition coefficient (Wildman–Crippen LogP) is 1.33. The lowest BCUT2D eigenvalue weighted by Gasteiger charge is -2.41. The van der Waals surface area contributed by atoms with Crippen LogP contribution >= 0.6 is 11.6 Å². The summed E-state index contributed by atoms with van der Waals surface area (Å²) in [6.07, 6.45) is 0.845. The summed E-state index contributed by atoms with van der Waals surface area (Å²) in [7, 11) is 1.29. The number of anilines is 4. The molecule has 222 valence electrons. The number of nitrogens with zero attached hydrogens (tertiary/aromatic N) is 7. The summed E-state index contributed by atoms with van der Waals surface area (Å²) in [6.45, 7) is 3.43. The minimum Gasteiger partial charge on any atom is -0.453 e. The molecule has 1 aromatic carbocycles. The summed E-state index contributed by atoms with van der Waals surface area (Å²) < 4.78 is 6.16. The molecule has 1 aliphatic heterocycles. The zero-order chi connectivity index (χ0) is 30.2. The van der Waals surface area contributed by atoms with Gasteiger partial charge in [-0.15, -0.1) is 5.10 Å². The summed E-state index contributed by atoms with van der Waals surface area (Å²) in [6, 6.07) is 6.95. The number of aliphatic hydroxyl groups excluding tert-OH is 2. The van der Waals surface area contributed by atoms with Gasteiger partial charge in [0.2, 0.25) is 5.95 Å². The van der Waals surface area contributed by atoms with Crippen molar-refractivity contribution >= 4 is 46.5 Å². The Morgan fingerprint density at radius 2 is 2.12 bits per heavy atom. The molecule has 1 unspecified atom stereocenters. The van der Waals surface area contributed by atoms with Crippen molar-refractivity contribution in [2.75, 3.05) is 55.4 Å². The summed E-state index contributed by atoms with van der Waals surface area (Å²) in [4.78, 5) is 22.7. The summed E-state index contributed by atoms with van der Waals surface area (Å²) >= 11 is 6.91. The monoisotopic (exact) mass is 597 g/mol. The van der Waals surface area contributed by atoms with Gasteiger partial charge in [0.05, 0.1) is 60.1 Å². The van der Waals surface area contributed by atoms with Gasteiger partial charge in [-0.25, -0.2) is 9.78 Å². The number of carbonyl (C=O) groups excluding carboxylic acids is 1. The van der Waals surface area contributed by atoms with Gasteiger partial charge in [-0.05, 0) is 38.4 Å². The van der Waals surface area contributed by atoms with Crippen LogP contribution < -0.4 is 26.2 Å². The number of hydrogen-bond acceptors (Lipinski definition) is 13. The molecular weight excluding hydrogens is 566 g/mol. The number of nitrogens with one attached hydrogen (secondary N) is 4. The van der Waals surface area contributed by atoms with Crippen LogP contribution in [0.3, 0.4) is 0 Å². The quantitative estimate of drug-likeness (QED) is 0.184. The van der Waals surface area contributed by atoms with Gasteiger partial charge in [0.1, 0.15) is 6.07 Å². The van der Waals surface area contributed by atoms with Gasteiger partial charge in [-0.3, -0.25) is 0 Å². The van der Waals surface area contributed by atoms with Crippen molar-refractivity contribution in [1.82, 2.24) is 30.2 Å². The third kappa shape index (κ3) is 6.89. The molecule has 4 rings (SSSR count). The number of hydrogen-bond donors (Lipinski definition) is 6. The third-order valence-corrected chi connectivity index (χ3v) is 7.18. The molecular formula is C26H32ClN11O4. The van der Waals surface area contributed by atoms with Gasteiger partial charge in [0.25, 0.3) is 0 Å². The lowest BCUT2D eigenvalue weighted by atomic mass is 9.98. The first kappa shape index (κ1) is 30.5. The molecule has 16 heteroatoms. The van der Waals surface area contributed by atoms with E-state index >= 15 is 0 Å². The van der Waals surface area contributed by atoms with Crippen molar-refractivity contribution in [3.8, 4) is 12.1 Å². The van der Waals surface area contributed by atoms with E-state index in [0.717, 1.165) is 0 Å². The largest absolute Gasteiger partial charge is 0.453 e. The number of methoxy groups -OCH3 is 1. The van der Waals surface area contributed by atoms with Crippen LogP contribution in [0.5, 0.6) is 0 Å². The van der Waals surface area contributed by atoms with Crippen molar-refractivity contribution in [2.45, 2.75) is 38.0 Å². The molecule has 0 bridgehead atoms. The second-order valence-electron chi connectivity index (χ2n) is 9.56. The minimum absolute atomic E-state index is 0.138. The van der Waals surface area contributed by atoms with E-state index in [2.05, 4.69) is 48.5 Å². The van der Waals surface area contributed by atoms with Crippen molar-refractivity contribution in [3.63, 3.8) is 0 Å². The number of carbonyl (C=O) groups is 1. The SMILES string of the molecule is CCNc1nc(Nc2cc(C#N)cc(N3CC[C@@H](NC(=O)OC)C(NCC[C@H](O)CO)C3)c2Cl)nn2c(C#N)cnc12. The van der Waals surface area contributed by atoms with Gasteiger partial charge in [-0.1, -0.05) is 11.6 Å². The van der Waals surface area contributed by atoms with Crippen LogP contribution in [0.2, 0.25) is 5.02 Å². The molecule has 6 N–H and O–H groups in total. The molecule has 1 amide bonds. The van der Waals surface area contributed by atoms with Gasteiger partial charge < -0.3 is 41.1 Å². The number of piperidine rings is 1. The number of aromatic nitrogens is 4. The highest BCUT2D eigenvalue weighted by Crippen LogP contribution is 2.37. The normalized spacial score (nSPS) is 17.3. The van der Waals surface area contributed by atoms with E-state index in [1.54, 1.807) is 12.1 Å². The zero-order valence-electron chi connectivity index (χ0n) is 23.1. The Morgan fingerprint density at radius 3 is 2.81 bits per heavy atom. The van der Waals surface area contributed by atoms with E-state index in [-0.39, 0.29) is 30.3 Å². The first-order chi connectivity index (χ1) is 20.3. The summed E-state index contributed by atoms with van der Waals surface area (Å²) in [5.41, 5.74) is 1.93. The molecule has 1 fully saturated rings. The van der Waals surface area contributed by atoms with Crippen LogP contribution in [-0.4, -0.2) is 94.0 Å². The molecule has 2 aromatic heterocycles. The number of imidazole rings is 1. The Balaban J connectivity index is 1.64. The number of alkyl carbamates (subject to hydrolysis) is 1. The average molecular weight is 598 g/mol. The maximum atomic E-state index is 12.0. The van der Waals surface area contributed by atoms with E-state index in [1.807, 2.05) is 11.8 Å².